The fraction of sp³-hybridized carbons (Fsp3) is 0. The van der Waals surface area contributed by atoms with Crippen LogP contribution in [0, 0.1) is 5.82 Å². The van der Waals surface area contributed by atoms with Gasteiger partial charge in [-0.05, 0) is 12.1 Å². The molecule has 0 aliphatic rings. The molecule has 3 aromatic rings. The van der Waals surface area contributed by atoms with Gasteiger partial charge >= 0.3 is 5.97 Å². The molecule has 21 heavy (non-hydrogen) atoms. The minimum Gasteiger partial charge on any atom is -0.476 e. The molecule has 0 saturated heterocycles. The molecule has 3 N–H and O–H groups in total. The van der Waals surface area contributed by atoms with Crippen molar-refractivity contribution in [1.29, 1.82) is 0 Å². The molecule has 5 nitrogen and oxygen atoms in total. The van der Waals surface area contributed by atoms with E-state index in [2.05, 4.69) is 4.98 Å². The van der Waals surface area contributed by atoms with Crippen molar-refractivity contribution in [3.63, 3.8) is 0 Å². The van der Waals surface area contributed by atoms with Crippen LogP contribution in [-0.4, -0.2) is 16.1 Å². The summed E-state index contributed by atoms with van der Waals surface area (Å²) in [7, 11) is 0. The quantitative estimate of drug-likeness (QED) is 0.755. The third-order valence-electron chi connectivity index (χ3n) is 3.07. The van der Waals surface area contributed by atoms with E-state index < -0.39 is 28.2 Å². The van der Waals surface area contributed by atoms with Crippen molar-refractivity contribution in [2.45, 2.75) is 0 Å². The number of nitrogens with two attached hydrogens (primary N) is 1. The third kappa shape index (κ3) is 2.00. The van der Waals surface area contributed by atoms with E-state index in [1.165, 1.54) is 6.26 Å². The number of carboxylic acids is 1. The van der Waals surface area contributed by atoms with Crippen LogP contribution in [0.15, 0.2) is 34.9 Å². The molecule has 0 atom stereocenters. The molecule has 0 aliphatic carbocycles. The number of nitrogen functional groups attached to an aromatic ring is 1. The highest BCUT2D eigenvalue weighted by Crippen LogP contribution is 2.35. The van der Waals surface area contributed by atoms with Gasteiger partial charge in [-0.1, -0.05) is 23.7 Å². The molecule has 0 radical (unpaired) electrons. The predicted molar refractivity (Wildman–Crippen MR) is 75.8 cm³/mol. The number of halogens is 2. The van der Waals surface area contributed by atoms with Gasteiger partial charge < -0.3 is 15.3 Å². The molecule has 0 aliphatic heterocycles. The lowest BCUT2D eigenvalue weighted by Gasteiger charge is -2.10. The van der Waals surface area contributed by atoms with E-state index in [-0.39, 0.29) is 5.69 Å². The number of hydrogen-bond acceptors (Lipinski definition) is 4. The number of nitrogens with zero attached hydrogens (tertiary/aromatic N) is 1. The lowest BCUT2D eigenvalue weighted by atomic mass is 10.1. The minimum atomic E-state index is -1.38. The Hall–Kier alpha value is -2.60. The largest absolute Gasteiger partial charge is 0.476 e. The topological polar surface area (TPSA) is 89.4 Å². The Labute approximate surface area is 122 Å². The zero-order valence-corrected chi connectivity index (χ0v) is 11.2. The van der Waals surface area contributed by atoms with E-state index in [0.29, 0.717) is 16.5 Å². The van der Waals surface area contributed by atoms with Crippen LogP contribution >= 0.6 is 11.6 Å². The molecule has 3 rings (SSSR count). The predicted octanol–water partition coefficient (Wildman–Crippen LogP) is 3.57. The lowest BCUT2D eigenvalue weighted by molar-refractivity contribution is 0.0691. The molecule has 0 saturated carbocycles. The van der Waals surface area contributed by atoms with Crippen LogP contribution in [0.4, 0.5) is 10.1 Å². The van der Waals surface area contributed by atoms with Gasteiger partial charge in [0.25, 0.3) is 0 Å². The highest BCUT2D eigenvalue weighted by Gasteiger charge is 2.23. The van der Waals surface area contributed by atoms with E-state index in [1.807, 2.05) is 0 Å². The number of aromatic carboxylic acids is 1. The van der Waals surface area contributed by atoms with Crippen LogP contribution in [0.3, 0.4) is 0 Å². The molecule has 0 spiro atoms. The Bertz CT molecular complexity index is 876. The van der Waals surface area contributed by atoms with Crippen LogP contribution < -0.4 is 5.73 Å². The molecular formula is C14H8ClFN2O3. The third-order valence-corrected chi connectivity index (χ3v) is 3.45. The SMILES string of the molecule is Nc1c(F)c(-c2cccc3occc23)nc(C(=O)O)c1Cl. The molecule has 1 aromatic carbocycles. The number of hydrogen-bond donors (Lipinski definition) is 2. The Morgan fingerprint density at radius 3 is 2.86 bits per heavy atom. The van der Waals surface area contributed by atoms with Crippen molar-refractivity contribution < 1.29 is 18.7 Å². The number of furan rings is 1. The van der Waals surface area contributed by atoms with Gasteiger partial charge in [-0.2, -0.15) is 0 Å². The highest BCUT2D eigenvalue weighted by molar-refractivity contribution is 6.35. The summed E-state index contributed by atoms with van der Waals surface area (Å²) in [6.45, 7) is 0. The summed E-state index contributed by atoms with van der Waals surface area (Å²) >= 11 is 5.72. The number of rotatable bonds is 2. The standard InChI is InChI=1S/C14H8ClFN2O3/c15-9-11(17)10(16)12(18-13(9)14(19)20)7-2-1-3-8-6(7)4-5-21-8/h1-5H,(H2,17,18)(H,19,20). The Kier molecular flexibility index (Phi) is 3.03. The van der Waals surface area contributed by atoms with Crippen molar-refractivity contribution in [3.8, 4) is 11.3 Å². The van der Waals surface area contributed by atoms with Crippen LogP contribution in [0.1, 0.15) is 10.5 Å². The maximum atomic E-state index is 14.3. The van der Waals surface area contributed by atoms with Crippen LogP contribution in [0.5, 0.6) is 0 Å². The summed E-state index contributed by atoms with van der Waals surface area (Å²) < 4.78 is 19.6. The first-order valence-corrected chi connectivity index (χ1v) is 6.23. The maximum absolute atomic E-state index is 14.3. The monoisotopic (exact) mass is 306 g/mol. The molecule has 106 valence electrons. The molecule has 2 aromatic heterocycles. The summed E-state index contributed by atoms with van der Waals surface area (Å²) in [5.41, 5.74) is 5.33. The van der Waals surface area contributed by atoms with Gasteiger partial charge in [-0.3, -0.25) is 0 Å². The van der Waals surface area contributed by atoms with E-state index in [9.17, 15) is 9.18 Å². The zero-order chi connectivity index (χ0) is 15.1. The first kappa shape index (κ1) is 13.4. The second-order valence-electron chi connectivity index (χ2n) is 4.29. The second-order valence-corrected chi connectivity index (χ2v) is 4.67. The van der Waals surface area contributed by atoms with Crippen molar-refractivity contribution in [2.75, 3.05) is 5.73 Å². The molecule has 7 heteroatoms. The molecule has 0 unspecified atom stereocenters. The van der Waals surface area contributed by atoms with Crippen molar-refractivity contribution in [1.82, 2.24) is 4.98 Å². The van der Waals surface area contributed by atoms with E-state index in [4.69, 9.17) is 26.9 Å². The number of pyridine rings is 1. The van der Waals surface area contributed by atoms with Gasteiger partial charge in [0.05, 0.1) is 17.0 Å². The highest BCUT2D eigenvalue weighted by atomic mass is 35.5. The summed E-state index contributed by atoms with van der Waals surface area (Å²) in [6.07, 6.45) is 1.45. The van der Waals surface area contributed by atoms with Gasteiger partial charge in [-0.25, -0.2) is 14.2 Å². The van der Waals surface area contributed by atoms with Gasteiger partial charge in [0.1, 0.15) is 11.3 Å². The first-order chi connectivity index (χ1) is 10.0. The molecular weight excluding hydrogens is 299 g/mol. The summed E-state index contributed by atoms with van der Waals surface area (Å²) in [4.78, 5) is 14.9. The average molecular weight is 307 g/mol. The second kappa shape index (κ2) is 4.75. The van der Waals surface area contributed by atoms with E-state index in [1.54, 1.807) is 24.3 Å². The summed E-state index contributed by atoms with van der Waals surface area (Å²) in [6, 6.07) is 6.58. The normalized spacial score (nSPS) is 11.0. The van der Waals surface area contributed by atoms with Gasteiger partial charge in [0.15, 0.2) is 11.5 Å². The number of anilines is 1. The van der Waals surface area contributed by atoms with Crippen LogP contribution in [0.2, 0.25) is 5.02 Å². The zero-order valence-electron chi connectivity index (χ0n) is 10.4. The summed E-state index contributed by atoms with van der Waals surface area (Å²) in [5, 5.41) is 9.27. The van der Waals surface area contributed by atoms with Gasteiger partial charge in [0, 0.05) is 10.9 Å². The van der Waals surface area contributed by atoms with Crippen LogP contribution in [-0.2, 0) is 0 Å². The number of aromatic nitrogens is 1. The lowest BCUT2D eigenvalue weighted by Crippen LogP contribution is -2.08. The van der Waals surface area contributed by atoms with Gasteiger partial charge in [0.2, 0.25) is 0 Å². The number of carbonyl (C=O) groups is 1. The molecule has 2 heterocycles. The number of fused-ring (bicyclic) bond motifs is 1. The fourth-order valence-electron chi connectivity index (χ4n) is 2.08. The van der Waals surface area contributed by atoms with Crippen LogP contribution in [0.25, 0.3) is 22.2 Å². The minimum absolute atomic E-state index is 0.179. The molecule has 0 bridgehead atoms. The van der Waals surface area contributed by atoms with Gasteiger partial charge in [-0.15, -0.1) is 0 Å². The maximum Gasteiger partial charge on any atom is 0.356 e. The smallest absolute Gasteiger partial charge is 0.356 e. The number of carboxylic acid groups (broad SMARTS) is 1. The van der Waals surface area contributed by atoms with Crippen molar-refractivity contribution in [3.05, 3.63) is 47.1 Å². The van der Waals surface area contributed by atoms with Crippen molar-refractivity contribution >= 4 is 34.2 Å². The summed E-state index contributed by atoms with van der Waals surface area (Å²) in [5.74, 6) is -2.24. The average Bonchev–Trinajstić information content (AvgIpc) is 2.93. The van der Waals surface area contributed by atoms with E-state index >= 15 is 0 Å². The fourth-order valence-corrected chi connectivity index (χ4v) is 2.29. The van der Waals surface area contributed by atoms with E-state index in [0.717, 1.165) is 0 Å². The number of benzene rings is 1. The Balaban J connectivity index is 2.37. The van der Waals surface area contributed by atoms with Crippen molar-refractivity contribution in [2.24, 2.45) is 0 Å². The molecule has 0 amide bonds. The first-order valence-electron chi connectivity index (χ1n) is 5.85. The Morgan fingerprint density at radius 1 is 1.38 bits per heavy atom. The Morgan fingerprint density at radius 2 is 2.14 bits per heavy atom. The molecule has 0 fully saturated rings.